The third kappa shape index (κ3) is 4.39. The van der Waals surface area contributed by atoms with E-state index in [0.29, 0.717) is 13.0 Å². The Morgan fingerprint density at radius 2 is 2.04 bits per heavy atom. The molecule has 2 N–H and O–H groups in total. The zero-order valence-electron chi connectivity index (χ0n) is 14.7. The molecule has 0 bridgehead atoms. The van der Waals surface area contributed by atoms with Crippen molar-refractivity contribution < 1.29 is 9.90 Å². The van der Waals surface area contributed by atoms with Crippen molar-refractivity contribution in [2.75, 3.05) is 13.1 Å². The van der Waals surface area contributed by atoms with Gasteiger partial charge in [0.1, 0.15) is 5.54 Å². The van der Waals surface area contributed by atoms with E-state index in [1.165, 1.54) is 0 Å². The molecule has 2 unspecified atom stereocenters. The van der Waals surface area contributed by atoms with Crippen LogP contribution in [0.1, 0.15) is 56.6 Å². The van der Waals surface area contributed by atoms with Crippen molar-refractivity contribution >= 4 is 5.91 Å². The Hall–Kier alpha value is -1.90. The highest BCUT2D eigenvalue weighted by Gasteiger charge is 2.36. The maximum atomic E-state index is 12.5. The number of nitrogens with one attached hydrogen (secondary N) is 1. The number of nitrogens with zero attached hydrogens (tertiary/aromatic N) is 2. The number of hydrogen-bond donors (Lipinski definition) is 2. The van der Waals surface area contributed by atoms with E-state index in [1.54, 1.807) is 0 Å². The summed E-state index contributed by atoms with van der Waals surface area (Å²) in [5.41, 5.74) is 0.267. The van der Waals surface area contributed by atoms with Crippen LogP contribution in [0.5, 0.6) is 0 Å². The second-order valence-electron chi connectivity index (χ2n) is 7.38. The molecule has 5 heteroatoms. The molecule has 1 amide bonds. The first-order valence-corrected chi connectivity index (χ1v) is 9.31. The molecule has 1 aliphatic heterocycles. The Bertz CT molecular complexity index is 620. The Balaban J connectivity index is 1.55. The van der Waals surface area contributed by atoms with Gasteiger partial charge in [-0.05, 0) is 57.1 Å². The monoisotopic (exact) mass is 341 g/mol. The Kier molecular flexibility index (Phi) is 5.72. The van der Waals surface area contributed by atoms with Gasteiger partial charge >= 0.3 is 0 Å². The first-order valence-electron chi connectivity index (χ1n) is 9.31. The van der Waals surface area contributed by atoms with Gasteiger partial charge in [0.2, 0.25) is 5.91 Å². The van der Waals surface area contributed by atoms with Gasteiger partial charge in [-0.3, -0.25) is 9.69 Å². The predicted octanol–water partition coefficient (Wildman–Crippen LogP) is 2.53. The van der Waals surface area contributed by atoms with Crippen molar-refractivity contribution in [3.63, 3.8) is 0 Å². The Labute approximate surface area is 149 Å². The average Bonchev–Trinajstić information content (AvgIpc) is 3.26. The average molecular weight is 341 g/mol. The molecule has 1 saturated carbocycles. The smallest absolute Gasteiger partial charge is 0.235 e. The topological polar surface area (TPSA) is 76.4 Å². The summed E-state index contributed by atoms with van der Waals surface area (Å²) < 4.78 is 0. The van der Waals surface area contributed by atoms with Crippen LogP contribution in [0.3, 0.4) is 0 Å². The number of benzene rings is 1. The van der Waals surface area contributed by atoms with E-state index in [9.17, 15) is 15.2 Å². The van der Waals surface area contributed by atoms with Crippen LogP contribution in [-0.4, -0.2) is 40.6 Å². The maximum absolute atomic E-state index is 12.5. The van der Waals surface area contributed by atoms with Crippen LogP contribution in [0.25, 0.3) is 0 Å². The summed E-state index contributed by atoms with van der Waals surface area (Å²) in [6.07, 6.45) is 5.70. The van der Waals surface area contributed by atoms with Crippen LogP contribution in [0, 0.1) is 11.3 Å². The van der Waals surface area contributed by atoms with Crippen LogP contribution in [0.4, 0.5) is 0 Å². The number of aliphatic hydroxyl groups excluding tert-OH is 1. The molecule has 1 aliphatic carbocycles. The fraction of sp³-hybridized carbons (Fsp3) is 0.600. The normalized spacial score (nSPS) is 23.9. The van der Waals surface area contributed by atoms with Crippen molar-refractivity contribution in [1.82, 2.24) is 10.2 Å². The zero-order chi connectivity index (χ0) is 17.7. The molecule has 2 atom stereocenters. The van der Waals surface area contributed by atoms with Gasteiger partial charge in [-0.25, -0.2) is 0 Å². The summed E-state index contributed by atoms with van der Waals surface area (Å²) >= 11 is 0. The highest BCUT2D eigenvalue weighted by atomic mass is 16.3. The van der Waals surface area contributed by atoms with Gasteiger partial charge in [0.25, 0.3) is 0 Å². The number of likely N-dealkylation sites (tertiary alicyclic amines) is 1. The van der Waals surface area contributed by atoms with Crippen LogP contribution in [0.2, 0.25) is 0 Å². The standard InChI is InChI=1S/C20H27N3O2/c21-15-20(10-4-5-11-20)22-19(25)14-23-12-6-9-17(23)13-18(24)16-7-2-1-3-8-16/h1-3,7-8,17-18,24H,4-6,9-14H2,(H,22,25). The molecule has 2 fully saturated rings. The third-order valence-corrected chi connectivity index (χ3v) is 5.58. The molecule has 2 aliphatic rings. The fourth-order valence-electron chi connectivity index (χ4n) is 4.17. The summed E-state index contributed by atoms with van der Waals surface area (Å²) in [5.74, 6) is -0.0652. The minimum Gasteiger partial charge on any atom is -0.388 e. The lowest BCUT2D eigenvalue weighted by atomic mass is 9.99. The number of hydrogen-bond acceptors (Lipinski definition) is 4. The molecule has 1 heterocycles. The van der Waals surface area contributed by atoms with Crippen LogP contribution < -0.4 is 5.32 Å². The molecular formula is C20H27N3O2. The van der Waals surface area contributed by atoms with Crippen LogP contribution in [-0.2, 0) is 4.79 Å². The first kappa shape index (κ1) is 17.9. The van der Waals surface area contributed by atoms with E-state index in [4.69, 9.17) is 0 Å². The molecule has 1 saturated heterocycles. The second-order valence-corrected chi connectivity index (χ2v) is 7.38. The quantitative estimate of drug-likeness (QED) is 0.834. The molecule has 134 valence electrons. The van der Waals surface area contributed by atoms with Gasteiger partial charge < -0.3 is 10.4 Å². The predicted molar refractivity (Wildman–Crippen MR) is 95.6 cm³/mol. The first-order chi connectivity index (χ1) is 12.1. The van der Waals surface area contributed by atoms with Crippen molar-refractivity contribution in [3.8, 4) is 6.07 Å². The summed E-state index contributed by atoms with van der Waals surface area (Å²) in [4.78, 5) is 14.6. The molecular weight excluding hydrogens is 314 g/mol. The third-order valence-electron chi connectivity index (χ3n) is 5.58. The number of amides is 1. The van der Waals surface area contributed by atoms with E-state index in [1.807, 2.05) is 30.3 Å². The van der Waals surface area contributed by atoms with Gasteiger partial charge in [-0.15, -0.1) is 0 Å². The summed E-state index contributed by atoms with van der Waals surface area (Å²) in [6, 6.07) is 12.2. The van der Waals surface area contributed by atoms with E-state index < -0.39 is 11.6 Å². The van der Waals surface area contributed by atoms with E-state index >= 15 is 0 Å². The number of rotatable bonds is 6. The van der Waals surface area contributed by atoms with Crippen molar-refractivity contribution in [2.24, 2.45) is 0 Å². The molecule has 1 aromatic rings. The van der Waals surface area contributed by atoms with Crippen LogP contribution in [0.15, 0.2) is 30.3 Å². The minimum absolute atomic E-state index is 0.0652. The van der Waals surface area contributed by atoms with Gasteiger partial charge in [-0.2, -0.15) is 5.26 Å². The molecule has 0 aromatic heterocycles. The zero-order valence-corrected chi connectivity index (χ0v) is 14.7. The summed E-state index contributed by atoms with van der Waals surface area (Å²) in [6.45, 7) is 1.19. The van der Waals surface area contributed by atoms with Gasteiger partial charge in [-0.1, -0.05) is 30.3 Å². The Morgan fingerprint density at radius 3 is 2.72 bits per heavy atom. The summed E-state index contributed by atoms with van der Waals surface area (Å²) in [5, 5.41) is 22.9. The molecule has 1 aromatic carbocycles. The van der Waals surface area contributed by atoms with E-state index in [2.05, 4.69) is 16.3 Å². The lowest BCUT2D eigenvalue weighted by Gasteiger charge is -2.28. The van der Waals surface area contributed by atoms with Gasteiger partial charge in [0.05, 0.1) is 18.7 Å². The number of aliphatic hydroxyl groups is 1. The molecule has 5 nitrogen and oxygen atoms in total. The molecule has 25 heavy (non-hydrogen) atoms. The van der Waals surface area contributed by atoms with Gasteiger partial charge in [0.15, 0.2) is 0 Å². The van der Waals surface area contributed by atoms with E-state index in [-0.39, 0.29) is 11.9 Å². The van der Waals surface area contributed by atoms with Gasteiger partial charge in [0, 0.05) is 6.04 Å². The second kappa shape index (κ2) is 7.99. The molecule has 0 spiro atoms. The SMILES string of the molecule is N#CC1(NC(=O)CN2CCCC2CC(O)c2ccccc2)CCCC1. The number of nitriles is 1. The lowest BCUT2D eigenvalue weighted by molar-refractivity contribution is -0.123. The van der Waals surface area contributed by atoms with Crippen LogP contribution >= 0.6 is 0 Å². The Morgan fingerprint density at radius 1 is 1.32 bits per heavy atom. The largest absolute Gasteiger partial charge is 0.388 e. The molecule has 0 radical (unpaired) electrons. The highest BCUT2D eigenvalue weighted by Crippen LogP contribution is 2.30. The van der Waals surface area contributed by atoms with Crippen molar-refractivity contribution in [3.05, 3.63) is 35.9 Å². The van der Waals surface area contributed by atoms with Crippen molar-refractivity contribution in [1.29, 1.82) is 5.26 Å². The minimum atomic E-state index is -0.657. The summed E-state index contributed by atoms with van der Waals surface area (Å²) in [7, 11) is 0. The lowest BCUT2D eigenvalue weighted by Crippen LogP contribution is -2.49. The maximum Gasteiger partial charge on any atom is 0.235 e. The fourth-order valence-corrected chi connectivity index (χ4v) is 4.17. The van der Waals surface area contributed by atoms with Crippen molar-refractivity contribution in [2.45, 2.75) is 62.6 Å². The number of carbonyl (C=O) groups is 1. The number of carbonyl (C=O) groups excluding carboxylic acids is 1. The highest BCUT2D eigenvalue weighted by molar-refractivity contribution is 5.79. The van der Waals surface area contributed by atoms with E-state index in [0.717, 1.165) is 50.6 Å². The molecule has 3 rings (SSSR count).